The molecule has 1 unspecified atom stereocenters. The highest BCUT2D eigenvalue weighted by Crippen LogP contribution is 2.23. The van der Waals surface area contributed by atoms with Crippen molar-refractivity contribution in [3.05, 3.63) is 18.0 Å². The van der Waals surface area contributed by atoms with Crippen LogP contribution in [0.15, 0.2) is 12.3 Å². The Bertz CT molecular complexity index is 333. The van der Waals surface area contributed by atoms with Crippen molar-refractivity contribution in [1.82, 2.24) is 9.78 Å². The molecule has 1 N–H and O–H groups in total. The van der Waals surface area contributed by atoms with Gasteiger partial charge in [-0.1, -0.05) is 0 Å². The van der Waals surface area contributed by atoms with Crippen LogP contribution >= 0.6 is 0 Å². The first-order valence-electron chi connectivity index (χ1n) is 4.98. The average molecular weight is 194 g/mol. The molecule has 1 aromatic heterocycles. The van der Waals surface area contributed by atoms with E-state index in [9.17, 15) is 4.79 Å². The van der Waals surface area contributed by atoms with Crippen molar-refractivity contribution < 1.29 is 9.90 Å². The van der Waals surface area contributed by atoms with Gasteiger partial charge in [0.1, 0.15) is 0 Å². The van der Waals surface area contributed by atoms with Crippen molar-refractivity contribution >= 4 is 5.97 Å². The van der Waals surface area contributed by atoms with Crippen LogP contribution in [0.25, 0.3) is 0 Å². The summed E-state index contributed by atoms with van der Waals surface area (Å²) in [5.74, 6) is -0.167. The second-order valence-corrected chi connectivity index (χ2v) is 3.84. The second-order valence-electron chi connectivity index (χ2n) is 3.84. The molecule has 2 rings (SSSR count). The quantitative estimate of drug-likeness (QED) is 0.789. The second kappa shape index (κ2) is 3.82. The molecule has 0 spiro atoms. The highest BCUT2D eigenvalue weighted by molar-refractivity contribution is 5.66. The van der Waals surface area contributed by atoms with Crippen molar-refractivity contribution in [2.24, 2.45) is 5.92 Å². The van der Waals surface area contributed by atoms with Crippen LogP contribution in [0.1, 0.15) is 25.0 Å². The van der Waals surface area contributed by atoms with E-state index in [2.05, 4.69) is 5.10 Å². The van der Waals surface area contributed by atoms with Gasteiger partial charge in [0, 0.05) is 24.9 Å². The summed E-state index contributed by atoms with van der Waals surface area (Å²) in [4.78, 5) is 10.4. The van der Waals surface area contributed by atoms with Crippen molar-refractivity contribution in [3.63, 3.8) is 0 Å². The van der Waals surface area contributed by atoms with E-state index < -0.39 is 5.97 Å². The Morgan fingerprint density at radius 3 is 3.36 bits per heavy atom. The molecular weight excluding hydrogens is 180 g/mol. The molecule has 1 aliphatic heterocycles. The number of hydrogen-bond acceptors (Lipinski definition) is 2. The SMILES string of the molecule is O=C(O)CCC1CCn2nccc2C1. The number of fused-ring (bicyclic) bond motifs is 1. The maximum Gasteiger partial charge on any atom is 0.303 e. The predicted molar refractivity (Wildman–Crippen MR) is 50.9 cm³/mol. The lowest BCUT2D eigenvalue weighted by molar-refractivity contribution is -0.137. The molecular formula is C10H14N2O2. The fraction of sp³-hybridized carbons (Fsp3) is 0.600. The number of rotatable bonds is 3. The molecule has 14 heavy (non-hydrogen) atoms. The van der Waals surface area contributed by atoms with Gasteiger partial charge in [0.25, 0.3) is 0 Å². The Kier molecular flexibility index (Phi) is 2.52. The summed E-state index contributed by atoms with van der Waals surface area (Å²) in [6.07, 6.45) is 4.93. The number of aryl methyl sites for hydroxylation is 1. The van der Waals surface area contributed by atoms with Crippen molar-refractivity contribution in [3.8, 4) is 0 Å². The number of hydrogen-bond donors (Lipinski definition) is 1. The molecule has 1 aromatic rings. The van der Waals surface area contributed by atoms with Crippen LogP contribution in [0, 0.1) is 5.92 Å². The third kappa shape index (κ3) is 1.95. The topological polar surface area (TPSA) is 55.1 Å². The maximum atomic E-state index is 10.4. The van der Waals surface area contributed by atoms with E-state index >= 15 is 0 Å². The van der Waals surface area contributed by atoms with Crippen LogP contribution < -0.4 is 0 Å². The average Bonchev–Trinajstić information content (AvgIpc) is 2.61. The molecule has 0 aliphatic carbocycles. The minimum atomic E-state index is -0.691. The molecule has 0 saturated heterocycles. The van der Waals surface area contributed by atoms with Crippen molar-refractivity contribution in [2.45, 2.75) is 32.2 Å². The van der Waals surface area contributed by atoms with Gasteiger partial charge >= 0.3 is 5.97 Å². The Morgan fingerprint density at radius 2 is 2.57 bits per heavy atom. The molecule has 0 aromatic carbocycles. The normalized spacial score (nSPS) is 20.4. The summed E-state index contributed by atoms with van der Waals surface area (Å²) in [5, 5.41) is 12.8. The number of carboxylic acids is 1. The van der Waals surface area contributed by atoms with E-state index in [1.54, 1.807) is 0 Å². The summed E-state index contributed by atoms with van der Waals surface area (Å²) in [7, 11) is 0. The highest BCUT2D eigenvalue weighted by Gasteiger charge is 2.19. The summed E-state index contributed by atoms with van der Waals surface area (Å²) in [6.45, 7) is 0.937. The van der Waals surface area contributed by atoms with E-state index in [4.69, 9.17) is 5.11 Å². The van der Waals surface area contributed by atoms with Gasteiger partial charge in [-0.15, -0.1) is 0 Å². The molecule has 2 heterocycles. The van der Waals surface area contributed by atoms with E-state index in [-0.39, 0.29) is 0 Å². The first-order valence-corrected chi connectivity index (χ1v) is 4.98. The fourth-order valence-corrected chi connectivity index (χ4v) is 2.01. The first-order chi connectivity index (χ1) is 6.75. The van der Waals surface area contributed by atoms with Crippen LogP contribution in [0.2, 0.25) is 0 Å². The van der Waals surface area contributed by atoms with Gasteiger partial charge in [-0.3, -0.25) is 9.48 Å². The molecule has 76 valence electrons. The maximum absolute atomic E-state index is 10.4. The number of carbonyl (C=O) groups is 1. The fourth-order valence-electron chi connectivity index (χ4n) is 2.01. The van der Waals surface area contributed by atoms with E-state index in [0.29, 0.717) is 12.3 Å². The number of nitrogens with zero attached hydrogens (tertiary/aromatic N) is 2. The molecule has 0 bridgehead atoms. The van der Waals surface area contributed by atoms with E-state index in [1.165, 1.54) is 5.69 Å². The lowest BCUT2D eigenvalue weighted by Gasteiger charge is -2.22. The third-order valence-corrected chi connectivity index (χ3v) is 2.82. The minimum absolute atomic E-state index is 0.290. The van der Waals surface area contributed by atoms with E-state index in [0.717, 1.165) is 25.8 Å². The number of aliphatic carboxylic acids is 1. The zero-order chi connectivity index (χ0) is 9.97. The molecule has 0 saturated carbocycles. The molecule has 1 atom stereocenters. The summed E-state index contributed by atoms with van der Waals surface area (Å²) in [6, 6.07) is 2.02. The zero-order valence-corrected chi connectivity index (χ0v) is 8.02. The summed E-state index contributed by atoms with van der Waals surface area (Å²) < 4.78 is 2.01. The zero-order valence-electron chi connectivity index (χ0n) is 8.02. The van der Waals surface area contributed by atoms with Crippen molar-refractivity contribution in [1.29, 1.82) is 0 Å². The Hall–Kier alpha value is -1.32. The first kappa shape index (κ1) is 9.24. The van der Waals surface area contributed by atoms with E-state index in [1.807, 2.05) is 16.9 Å². The Morgan fingerprint density at radius 1 is 1.71 bits per heavy atom. The minimum Gasteiger partial charge on any atom is -0.481 e. The van der Waals surface area contributed by atoms with Gasteiger partial charge in [0.05, 0.1) is 0 Å². The molecule has 0 amide bonds. The number of aromatic nitrogens is 2. The third-order valence-electron chi connectivity index (χ3n) is 2.82. The predicted octanol–water partition coefficient (Wildman–Crippen LogP) is 1.31. The molecule has 1 aliphatic rings. The largest absolute Gasteiger partial charge is 0.481 e. The van der Waals surface area contributed by atoms with Gasteiger partial charge in [0.2, 0.25) is 0 Å². The van der Waals surface area contributed by atoms with Gasteiger partial charge in [0.15, 0.2) is 0 Å². The highest BCUT2D eigenvalue weighted by atomic mass is 16.4. The summed E-state index contributed by atoms with van der Waals surface area (Å²) >= 11 is 0. The van der Waals surface area contributed by atoms with Crippen LogP contribution in [0.4, 0.5) is 0 Å². The van der Waals surface area contributed by atoms with Gasteiger partial charge in [-0.25, -0.2) is 0 Å². The monoisotopic (exact) mass is 194 g/mol. The van der Waals surface area contributed by atoms with Gasteiger partial charge in [-0.05, 0) is 31.2 Å². The molecule has 4 nitrogen and oxygen atoms in total. The molecule has 0 fully saturated rings. The standard InChI is InChI=1S/C10H14N2O2/c13-10(14)2-1-8-4-6-12-9(7-8)3-5-11-12/h3,5,8H,1-2,4,6-7H2,(H,13,14). The Balaban J connectivity index is 1.91. The summed E-state index contributed by atoms with van der Waals surface area (Å²) in [5.41, 5.74) is 1.24. The molecule has 0 radical (unpaired) electrons. The van der Waals surface area contributed by atoms with Crippen LogP contribution in [0.3, 0.4) is 0 Å². The van der Waals surface area contributed by atoms with Crippen LogP contribution in [-0.2, 0) is 17.8 Å². The lowest BCUT2D eigenvalue weighted by Crippen LogP contribution is -2.20. The van der Waals surface area contributed by atoms with Crippen molar-refractivity contribution in [2.75, 3.05) is 0 Å². The van der Waals surface area contributed by atoms with Gasteiger partial charge < -0.3 is 5.11 Å². The van der Waals surface area contributed by atoms with Crippen LogP contribution in [0.5, 0.6) is 0 Å². The lowest BCUT2D eigenvalue weighted by atomic mass is 9.92. The molecule has 4 heteroatoms. The Labute approximate surface area is 82.5 Å². The van der Waals surface area contributed by atoms with Gasteiger partial charge in [-0.2, -0.15) is 5.10 Å². The van der Waals surface area contributed by atoms with Crippen LogP contribution in [-0.4, -0.2) is 20.9 Å². The number of carboxylic acid groups (broad SMARTS) is 1. The smallest absolute Gasteiger partial charge is 0.303 e.